The maximum atomic E-state index is 5.83. The summed E-state index contributed by atoms with van der Waals surface area (Å²) in [7, 11) is -1.00. The number of ether oxygens (including phenoxy) is 1. The van der Waals surface area contributed by atoms with E-state index in [-0.39, 0.29) is 0 Å². The molecular formula is C9H18ClN3OSi. The summed E-state index contributed by atoms with van der Waals surface area (Å²) in [5.41, 5.74) is 0. The number of rotatable bonds is 5. The first-order valence-electron chi connectivity index (χ1n) is 5.03. The fraction of sp³-hybridized carbons (Fsp3) is 0.778. The molecule has 0 aliphatic carbocycles. The second kappa shape index (κ2) is 5.09. The standard InChI is InChI=1S/C9H18ClN3OSi/c1-8-11-12-9(10)13(8)7-14-5-6-15(2,3)4/h5-7H2,1-4H3. The Bertz CT molecular complexity index is 302. The molecule has 1 heterocycles. The van der Waals surface area contributed by atoms with E-state index in [1.54, 1.807) is 4.57 Å². The predicted molar refractivity (Wildman–Crippen MR) is 63.9 cm³/mol. The Morgan fingerprint density at radius 3 is 2.47 bits per heavy atom. The van der Waals surface area contributed by atoms with Crippen LogP contribution in [0.15, 0.2) is 0 Å². The Hall–Kier alpha value is -0.393. The van der Waals surface area contributed by atoms with Gasteiger partial charge in [-0.25, -0.2) is 0 Å². The molecule has 0 unspecified atom stereocenters. The first-order chi connectivity index (χ1) is 6.90. The first kappa shape index (κ1) is 12.7. The number of nitrogens with zero attached hydrogens (tertiary/aromatic N) is 3. The topological polar surface area (TPSA) is 39.9 Å². The van der Waals surface area contributed by atoms with Gasteiger partial charge >= 0.3 is 0 Å². The number of aromatic nitrogens is 3. The largest absolute Gasteiger partial charge is 0.361 e. The molecule has 15 heavy (non-hydrogen) atoms. The van der Waals surface area contributed by atoms with E-state index in [0.29, 0.717) is 12.0 Å². The second-order valence-corrected chi connectivity index (χ2v) is 10.8. The highest BCUT2D eigenvalue weighted by atomic mass is 35.5. The number of hydrogen-bond donors (Lipinski definition) is 0. The van der Waals surface area contributed by atoms with Crippen molar-refractivity contribution in [2.45, 2.75) is 39.3 Å². The van der Waals surface area contributed by atoms with E-state index in [0.717, 1.165) is 18.5 Å². The Morgan fingerprint density at radius 1 is 1.33 bits per heavy atom. The zero-order valence-electron chi connectivity index (χ0n) is 9.75. The van der Waals surface area contributed by atoms with Crippen molar-refractivity contribution in [2.24, 2.45) is 0 Å². The van der Waals surface area contributed by atoms with Crippen LogP contribution >= 0.6 is 11.6 Å². The molecule has 4 nitrogen and oxygen atoms in total. The van der Waals surface area contributed by atoms with E-state index >= 15 is 0 Å². The summed E-state index contributed by atoms with van der Waals surface area (Å²) in [5, 5.41) is 7.99. The van der Waals surface area contributed by atoms with E-state index in [9.17, 15) is 0 Å². The minimum Gasteiger partial charge on any atom is -0.361 e. The van der Waals surface area contributed by atoms with Gasteiger partial charge in [0.1, 0.15) is 12.6 Å². The van der Waals surface area contributed by atoms with Gasteiger partial charge in [0, 0.05) is 14.7 Å². The lowest BCUT2D eigenvalue weighted by molar-refractivity contribution is 0.0857. The van der Waals surface area contributed by atoms with Crippen molar-refractivity contribution in [3.63, 3.8) is 0 Å². The summed E-state index contributed by atoms with van der Waals surface area (Å²) in [5.74, 6) is 0.785. The van der Waals surface area contributed by atoms with Gasteiger partial charge in [-0.3, -0.25) is 4.57 Å². The van der Waals surface area contributed by atoms with Crippen molar-refractivity contribution in [3.05, 3.63) is 11.1 Å². The van der Waals surface area contributed by atoms with Crippen LogP contribution in [-0.2, 0) is 11.5 Å². The maximum Gasteiger partial charge on any atom is 0.226 e. The van der Waals surface area contributed by atoms with E-state index in [4.69, 9.17) is 16.3 Å². The molecule has 0 aliphatic rings. The molecule has 0 aromatic carbocycles. The second-order valence-electron chi connectivity index (χ2n) is 4.79. The van der Waals surface area contributed by atoms with Crippen LogP contribution in [0.3, 0.4) is 0 Å². The van der Waals surface area contributed by atoms with Crippen molar-refractivity contribution in [1.29, 1.82) is 0 Å². The minimum atomic E-state index is -1.00. The SMILES string of the molecule is Cc1nnc(Cl)n1COCC[Si](C)(C)C. The Kier molecular flexibility index (Phi) is 4.30. The quantitative estimate of drug-likeness (QED) is 0.593. The van der Waals surface area contributed by atoms with Gasteiger partial charge in [0.05, 0.1) is 0 Å². The lowest BCUT2D eigenvalue weighted by atomic mass is 10.7. The number of halogens is 1. The molecular weight excluding hydrogens is 230 g/mol. The molecule has 0 aliphatic heterocycles. The summed E-state index contributed by atoms with van der Waals surface area (Å²) in [6, 6.07) is 1.16. The zero-order valence-corrected chi connectivity index (χ0v) is 11.5. The van der Waals surface area contributed by atoms with Gasteiger partial charge in [0.25, 0.3) is 0 Å². The van der Waals surface area contributed by atoms with E-state index in [1.165, 1.54) is 0 Å². The summed E-state index contributed by atoms with van der Waals surface area (Å²) >= 11 is 5.83. The fourth-order valence-corrected chi connectivity index (χ4v) is 2.00. The highest BCUT2D eigenvalue weighted by Gasteiger charge is 2.12. The summed E-state index contributed by atoms with van der Waals surface area (Å²) in [6.45, 7) is 10.1. The third-order valence-electron chi connectivity index (χ3n) is 2.11. The van der Waals surface area contributed by atoms with Crippen molar-refractivity contribution < 1.29 is 4.74 Å². The van der Waals surface area contributed by atoms with Gasteiger partial charge in [0.15, 0.2) is 0 Å². The molecule has 0 saturated carbocycles. The van der Waals surface area contributed by atoms with Crippen LogP contribution in [0.4, 0.5) is 0 Å². The molecule has 0 amide bonds. The molecule has 0 N–H and O–H groups in total. The Balaban J connectivity index is 2.32. The predicted octanol–water partition coefficient (Wildman–Crippen LogP) is 2.55. The van der Waals surface area contributed by atoms with Gasteiger partial charge < -0.3 is 4.74 Å². The van der Waals surface area contributed by atoms with Gasteiger partial charge in [-0.05, 0) is 24.6 Å². The van der Waals surface area contributed by atoms with Crippen LogP contribution in [0, 0.1) is 6.92 Å². The molecule has 0 saturated heterocycles. The van der Waals surface area contributed by atoms with E-state index < -0.39 is 8.07 Å². The number of hydrogen-bond acceptors (Lipinski definition) is 3. The average Bonchev–Trinajstić information content (AvgIpc) is 2.40. The Morgan fingerprint density at radius 2 is 2.00 bits per heavy atom. The zero-order chi connectivity index (χ0) is 11.5. The van der Waals surface area contributed by atoms with Crippen LogP contribution in [0.5, 0.6) is 0 Å². The van der Waals surface area contributed by atoms with Crippen LogP contribution in [0.2, 0.25) is 31.0 Å². The summed E-state index contributed by atoms with van der Waals surface area (Å²) in [6.07, 6.45) is 0. The highest BCUT2D eigenvalue weighted by molar-refractivity contribution is 6.76. The van der Waals surface area contributed by atoms with E-state index in [1.807, 2.05) is 6.92 Å². The molecule has 1 aromatic rings. The molecule has 86 valence electrons. The summed E-state index contributed by atoms with van der Waals surface area (Å²) in [4.78, 5) is 0. The highest BCUT2D eigenvalue weighted by Crippen LogP contribution is 2.10. The van der Waals surface area contributed by atoms with Crippen LogP contribution in [0.25, 0.3) is 0 Å². The molecule has 1 rings (SSSR count). The third-order valence-corrected chi connectivity index (χ3v) is 4.09. The van der Waals surface area contributed by atoms with Gasteiger partial charge in [0.2, 0.25) is 5.28 Å². The van der Waals surface area contributed by atoms with Gasteiger partial charge in [-0.2, -0.15) is 0 Å². The Labute approximate surface area is 96.6 Å². The first-order valence-corrected chi connectivity index (χ1v) is 9.12. The fourth-order valence-electron chi connectivity index (χ4n) is 1.04. The minimum absolute atomic E-state index is 0.389. The molecule has 1 aromatic heterocycles. The molecule has 0 radical (unpaired) electrons. The molecule has 0 fully saturated rings. The monoisotopic (exact) mass is 247 g/mol. The number of aryl methyl sites for hydroxylation is 1. The molecule has 0 spiro atoms. The van der Waals surface area contributed by atoms with Gasteiger partial charge in [-0.15, -0.1) is 10.2 Å². The van der Waals surface area contributed by atoms with Crippen molar-refractivity contribution in [2.75, 3.05) is 6.61 Å². The lowest BCUT2D eigenvalue weighted by Crippen LogP contribution is -2.22. The summed E-state index contributed by atoms with van der Waals surface area (Å²) < 4.78 is 7.30. The normalized spacial score (nSPS) is 12.1. The van der Waals surface area contributed by atoms with Crippen LogP contribution in [0.1, 0.15) is 5.82 Å². The van der Waals surface area contributed by atoms with Crippen molar-refractivity contribution in [1.82, 2.24) is 14.8 Å². The van der Waals surface area contributed by atoms with Crippen LogP contribution in [-0.4, -0.2) is 29.4 Å². The van der Waals surface area contributed by atoms with E-state index in [2.05, 4.69) is 29.8 Å². The smallest absolute Gasteiger partial charge is 0.226 e. The molecule has 0 atom stereocenters. The van der Waals surface area contributed by atoms with Crippen LogP contribution < -0.4 is 0 Å². The van der Waals surface area contributed by atoms with Gasteiger partial charge in [-0.1, -0.05) is 19.6 Å². The third kappa shape index (κ3) is 4.32. The molecule has 6 heteroatoms. The van der Waals surface area contributed by atoms with Crippen molar-refractivity contribution in [3.8, 4) is 0 Å². The van der Waals surface area contributed by atoms with Crippen molar-refractivity contribution >= 4 is 19.7 Å². The molecule has 0 bridgehead atoms. The maximum absolute atomic E-state index is 5.83. The lowest BCUT2D eigenvalue weighted by Gasteiger charge is -2.15. The average molecular weight is 248 g/mol.